The molecule has 1 fully saturated rings. The van der Waals surface area contributed by atoms with Gasteiger partial charge in [0.25, 0.3) is 0 Å². The summed E-state index contributed by atoms with van der Waals surface area (Å²) < 4.78 is 0. The van der Waals surface area contributed by atoms with Gasteiger partial charge in [-0.15, -0.1) is 0 Å². The number of nitrogens with zero attached hydrogens (tertiary/aromatic N) is 5. The number of hydrogen-bond acceptors (Lipinski definition) is 5. The summed E-state index contributed by atoms with van der Waals surface area (Å²) in [6.07, 6.45) is 1.57. The van der Waals surface area contributed by atoms with Crippen LogP contribution in [0.5, 0.6) is 0 Å². The Labute approximate surface area is 145 Å². The van der Waals surface area contributed by atoms with Crippen molar-refractivity contribution in [1.29, 1.82) is 0 Å². The molecule has 6 nitrogen and oxygen atoms in total. The van der Waals surface area contributed by atoms with Gasteiger partial charge in [-0.25, -0.2) is 9.97 Å². The fourth-order valence-electron chi connectivity index (χ4n) is 3.18. The highest BCUT2D eigenvalue weighted by molar-refractivity contribution is 6.31. The van der Waals surface area contributed by atoms with Gasteiger partial charge in [-0.05, 0) is 17.2 Å². The number of carbonyl (C=O) groups excluding carboxylic acids is 1. The van der Waals surface area contributed by atoms with Crippen molar-refractivity contribution in [3.8, 4) is 0 Å². The van der Waals surface area contributed by atoms with Gasteiger partial charge in [0.1, 0.15) is 18.0 Å². The van der Waals surface area contributed by atoms with Gasteiger partial charge in [0.05, 0.1) is 6.54 Å². The SMILES string of the molecule is CN1CCN(c2cc(N3Cc4cccc(Cl)c4C3)ncn2)CC1=O. The van der Waals surface area contributed by atoms with Crippen LogP contribution in [0.3, 0.4) is 0 Å². The molecule has 3 heterocycles. The van der Waals surface area contributed by atoms with Crippen LogP contribution >= 0.6 is 11.6 Å². The number of rotatable bonds is 2. The van der Waals surface area contributed by atoms with E-state index in [1.54, 1.807) is 11.2 Å². The number of carbonyl (C=O) groups is 1. The Morgan fingerprint density at radius 2 is 1.83 bits per heavy atom. The Morgan fingerprint density at radius 3 is 2.58 bits per heavy atom. The highest BCUT2D eigenvalue weighted by Gasteiger charge is 2.25. The maximum atomic E-state index is 11.9. The predicted octanol–water partition coefficient (Wildman–Crippen LogP) is 1.93. The summed E-state index contributed by atoms with van der Waals surface area (Å²) in [6, 6.07) is 7.96. The minimum Gasteiger partial charge on any atom is -0.348 e. The molecular formula is C17H18ClN5O. The lowest BCUT2D eigenvalue weighted by molar-refractivity contribution is -0.129. The Balaban J connectivity index is 1.56. The summed E-state index contributed by atoms with van der Waals surface area (Å²) in [5.41, 5.74) is 2.39. The summed E-state index contributed by atoms with van der Waals surface area (Å²) in [4.78, 5) is 26.6. The van der Waals surface area contributed by atoms with Gasteiger partial charge in [-0.1, -0.05) is 23.7 Å². The fraction of sp³-hybridized carbons (Fsp3) is 0.353. The molecule has 0 N–H and O–H groups in total. The number of amides is 1. The highest BCUT2D eigenvalue weighted by atomic mass is 35.5. The van der Waals surface area contributed by atoms with Crippen molar-refractivity contribution in [2.24, 2.45) is 0 Å². The molecule has 4 rings (SSSR count). The van der Waals surface area contributed by atoms with E-state index in [0.717, 1.165) is 41.9 Å². The lowest BCUT2D eigenvalue weighted by Gasteiger charge is -2.33. The molecule has 0 spiro atoms. The van der Waals surface area contributed by atoms with Gasteiger partial charge in [0, 0.05) is 44.3 Å². The maximum absolute atomic E-state index is 11.9. The number of likely N-dealkylation sites (N-methyl/N-ethyl adjacent to an activating group) is 1. The van der Waals surface area contributed by atoms with E-state index in [1.807, 2.05) is 30.1 Å². The lowest BCUT2D eigenvalue weighted by atomic mass is 10.1. The molecule has 0 saturated carbocycles. The first kappa shape index (κ1) is 15.2. The molecule has 24 heavy (non-hydrogen) atoms. The third-order valence-corrected chi connectivity index (χ3v) is 5.02. The Morgan fingerprint density at radius 1 is 1.04 bits per heavy atom. The van der Waals surface area contributed by atoms with E-state index in [9.17, 15) is 4.79 Å². The summed E-state index contributed by atoms with van der Waals surface area (Å²) in [5.74, 6) is 1.77. The minimum atomic E-state index is 0.113. The Kier molecular flexibility index (Phi) is 3.76. The van der Waals surface area contributed by atoms with Crippen LogP contribution in [-0.4, -0.2) is 47.5 Å². The zero-order chi connectivity index (χ0) is 16.7. The molecule has 1 aromatic carbocycles. The van der Waals surface area contributed by atoms with Gasteiger partial charge in [-0.2, -0.15) is 0 Å². The van der Waals surface area contributed by atoms with Crippen molar-refractivity contribution in [2.75, 3.05) is 36.5 Å². The number of anilines is 2. The molecule has 0 radical (unpaired) electrons. The molecule has 0 unspecified atom stereocenters. The second-order valence-corrected chi connectivity index (χ2v) is 6.61. The van der Waals surface area contributed by atoms with Crippen LogP contribution in [0.1, 0.15) is 11.1 Å². The standard InChI is InChI=1S/C17H18ClN5O/c1-21-5-6-22(10-17(21)24)15-7-16(20-11-19-15)23-8-12-3-2-4-14(18)13(12)9-23/h2-4,7,11H,5-6,8-10H2,1H3. The van der Waals surface area contributed by atoms with Crippen LogP contribution in [0.15, 0.2) is 30.6 Å². The smallest absolute Gasteiger partial charge is 0.241 e. The number of fused-ring (bicyclic) bond motifs is 1. The molecular weight excluding hydrogens is 326 g/mol. The summed E-state index contributed by atoms with van der Waals surface area (Å²) >= 11 is 6.30. The summed E-state index contributed by atoms with van der Waals surface area (Å²) in [6.45, 7) is 3.38. The topological polar surface area (TPSA) is 52.6 Å². The van der Waals surface area contributed by atoms with Crippen LogP contribution in [0.4, 0.5) is 11.6 Å². The molecule has 1 amide bonds. The zero-order valence-electron chi connectivity index (χ0n) is 13.4. The molecule has 1 saturated heterocycles. The average molecular weight is 344 g/mol. The van der Waals surface area contributed by atoms with Crippen LogP contribution in [-0.2, 0) is 17.9 Å². The average Bonchev–Trinajstić information content (AvgIpc) is 3.03. The van der Waals surface area contributed by atoms with Crippen LogP contribution in [0, 0.1) is 0 Å². The predicted molar refractivity (Wildman–Crippen MR) is 93.2 cm³/mol. The third-order valence-electron chi connectivity index (χ3n) is 4.67. The molecule has 0 bridgehead atoms. The van der Waals surface area contributed by atoms with Gasteiger partial charge in [-0.3, -0.25) is 4.79 Å². The van der Waals surface area contributed by atoms with Gasteiger partial charge >= 0.3 is 0 Å². The number of hydrogen-bond donors (Lipinski definition) is 0. The second-order valence-electron chi connectivity index (χ2n) is 6.20. The first-order valence-corrected chi connectivity index (χ1v) is 8.32. The summed E-state index contributed by atoms with van der Waals surface area (Å²) in [5, 5.41) is 0.800. The normalized spacial score (nSPS) is 17.4. The van der Waals surface area contributed by atoms with E-state index in [4.69, 9.17) is 11.6 Å². The molecule has 0 atom stereocenters. The fourth-order valence-corrected chi connectivity index (χ4v) is 3.43. The number of benzene rings is 1. The first-order valence-electron chi connectivity index (χ1n) is 7.94. The van der Waals surface area contributed by atoms with Crippen LogP contribution < -0.4 is 9.80 Å². The van der Waals surface area contributed by atoms with Crippen molar-refractivity contribution in [3.63, 3.8) is 0 Å². The molecule has 7 heteroatoms. The first-order chi connectivity index (χ1) is 11.6. The number of piperazine rings is 1. The van der Waals surface area contributed by atoms with Crippen molar-refractivity contribution >= 4 is 29.1 Å². The minimum absolute atomic E-state index is 0.113. The van der Waals surface area contributed by atoms with E-state index in [1.165, 1.54) is 5.56 Å². The van der Waals surface area contributed by atoms with E-state index >= 15 is 0 Å². The van der Waals surface area contributed by atoms with Gasteiger partial charge in [0.2, 0.25) is 5.91 Å². The van der Waals surface area contributed by atoms with E-state index < -0.39 is 0 Å². The summed E-state index contributed by atoms with van der Waals surface area (Å²) in [7, 11) is 1.83. The monoisotopic (exact) mass is 343 g/mol. The van der Waals surface area contributed by atoms with E-state index in [0.29, 0.717) is 13.1 Å². The second kappa shape index (κ2) is 5.94. The van der Waals surface area contributed by atoms with Gasteiger partial charge in [0.15, 0.2) is 0 Å². The van der Waals surface area contributed by atoms with Crippen molar-refractivity contribution in [3.05, 3.63) is 46.7 Å². The molecule has 124 valence electrons. The maximum Gasteiger partial charge on any atom is 0.241 e. The van der Waals surface area contributed by atoms with Crippen molar-refractivity contribution in [2.45, 2.75) is 13.1 Å². The molecule has 1 aromatic heterocycles. The lowest BCUT2D eigenvalue weighted by Crippen LogP contribution is -2.48. The molecule has 2 aliphatic heterocycles. The number of halogens is 1. The Hall–Kier alpha value is -2.34. The van der Waals surface area contributed by atoms with Crippen molar-refractivity contribution < 1.29 is 4.79 Å². The molecule has 0 aliphatic carbocycles. The molecule has 2 aliphatic rings. The zero-order valence-corrected chi connectivity index (χ0v) is 14.2. The van der Waals surface area contributed by atoms with Crippen LogP contribution in [0.25, 0.3) is 0 Å². The number of aromatic nitrogens is 2. The Bertz CT molecular complexity index is 796. The van der Waals surface area contributed by atoms with E-state index in [-0.39, 0.29) is 5.91 Å². The van der Waals surface area contributed by atoms with Crippen molar-refractivity contribution in [1.82, 2.24) is 14.9 Å². The van der Waals surface area contributed by atoms with Gasteiger partial charge < -0.3 is 14.7 Å². The largest absolute Gasteiger partial charge is 0.348 e. The highest BCUT2D eigenvalue weighted by Crippen LogP contribution is 2.32. The van der Waals surface area contributed by atoms with E-state index in [2.05, 4.69) is 20.9 Å². The molecule has 2 aromatic rings. The quantitative estimate of drug-likeness (QED) is 0.834. The van der Waals surface area contributed by atoms with Crippen LogP contribution in [0.2, 0.25) is 5.02 Å². The third kappa shape index (κ3) is 2.67.